The van der Waals surface area contributed by atoms with E-state index in [1.54, 1.807) is 6.92 Å². The third-order valence-electron chi connectivity index (χ3n) is 5.73. The normalized spacial score (nSPS) is 11.0. The van der Waals surface area contributed by atoms with Crippen LogP contribution in [-0.4, -0.2) is 20.8 Å². The molecule has 0 saturated heterocycles. The number of amides is 1. The molecule has 0 radical (unpaired) electrons. The van der Waals surface area contributed by atoms with Gasteiger partial charge in [0.2, 0.25) is 0 Å². The van der Waals surface area contributed by atoms with Crippen LogP contribution in [0.25, 0.3) is 0 Å². The first kappa shape index (κ1) is 23.8. The number of benzene rings is 2. The fourth-order valence-corrected chi connectivity index (χ4v) is 3.98. The van der Waals surface area contributed by atoms with Crippen LogP contribution in [0.1, 0.15) is 49.9 Å². The van der Waals surface area contributed by atoms with Crippen molar-refractivity contribution in [3.05, 3.63) is 92.0 Å². The number of hydrogen-bond donors (Lipinski definition) is 1. The molecule has 8 heteroatoms. The van der Waals surface area contributed by atoms with Crippen molar-refractivity contribution < 1.29 is 14.1 Å². The average molecular weight is 523 g/mol. The van der Waals surface area contributed by atoms with E-state index >= 15 is 0 Å². The molecule has 0 fully saturated rings. The molecule has 0 saturated carbocycles. The molecular weight excluding hydrogens is 496 g/mol. The van der Waals surface area contributed by atoms with E-state index < -0.39 is 0 Å². The highest BCUT2D eigenvalue weighted by molar-refractivity contribution is 9.10. The number of anilines is 1. The van der Waals surface area contributed by atoms with Crippen LogP contribution >= 0.6 is 15.9 Å². The van der Waals surface area contributed by atoms with E-state index in [0.29, 0.717) is 23.6 Å². The van der Waals surface area contributed by atoms with Crippen LogP contribution in [0.15, 0.2) is 51.5 Å². The summed E-state index contributed by atoms with van der Waals surface area (Å²) < 4.78 is 14.3. The molecule has 0 aliphatic heterocycles. The van der Waals surface area contributed by atoms with Gasteiger partial charge in [-0.1, -0.05) is 29.4 Å². The summed E-state index contributed by atoms with van der Waals surface area (Å²) in [6.07, 6.45) is 0. The van der Waals surface area contributed by atoms with Gasteiger partial charge in [-0.3, -0.25) is 9.48 Å². The number of carbonyl (C=O) groups is 1. The quantitative estimate of drug-likeness (QED) is 0.319. The molecule has 0 spiro atoms. The Hall–Kier alpha value is -3.39. The Labute approximate surface area is 207 Å². The van der Waals surface area contributed by atoms with Crippen LogP contribution in [-0.2, 0) is 13.2 Å². The molecule has 2 aromatic carbocycles. The molecule has 4 aromatic rings. The number of aryl methyl sites for hydroxylation is 4. The van der Waals surface area contributed by atoms with Gasteiger partial charge in [0, 0.05) is 5.69 Å². The van der Waals surface area contributed by atoms with Crippen LogP contribution in [0, 0.1) is 34.6 Å². The minimum atomic E-state index is -0.345. The van der Waals surface area contributed by atoms with E-state index in [0.717, 1.165) is 38.3 Å². The minimum absolute atomic E-state index is 0.190. The Morgan fingerprint density at radius 3 is 2.65 bits per heavy atom. The second-order valence-electron chi connectivity index (χ2n) is 8.42. The van der Waals surface area contributed by atoms with E-state index in [2.05, 4.69) is 31.5 Å². The lowest BCUT2D eigenvalue weighted by molar-refractivity contribution is 0.101. The summed E-state index contributed by atoms with van der Waals surface area (Å²) in [7, 11) is 0. The summed E-state index contributed by atoms with van der Waals surface area (Å²) in [5, 5.41) is 11.5. The first-order valence-electron chi connectivity index (χ1n) is 11.0. The fraction of sp³-hybridized carbons (Fsp3) is 0.269. The molecule has 0 aliphatic carbocycles. The minimum Gasteiger partial charge on any atom is -0.488 e. The number of carbonyl (C=O) groups excluding carboxylic acids is 1. The summed E-state index contributed by atoms with van der Waals surface area (Å²) in [6.45, 7) is 10.5. The number of hydrogen-bond acceptors (Lipinski definition) is 5. The van der Waals surface area contributed by atoms with Crippen molar-refractivity contribution in [2.24, 2.45) is 0 Å². The Kier molecular flexibility index (Phi) is 6.88. The highest BCUT2D eigenvalue weighted by atomic mass is 79.9. The van der Waals surface area contributed by atoms with Gasteiger partial charge < -0.3 is 14.6 Å². The van der Waals surface area contributed by atoms with Crippen molar-refractivity contribution in [1.29, 1.82) is 0 Å². The monoisotopic (exact) mass is 522 g/mol. The van der Waals surface area contributed by atoms with Gasteiger partial charge in [0.05, 0.1) is 28.0 Å². The maximum absolute atomic E-state index is 13.0. The van der Waals surface area contributed by atoms with E-state index in [1.165, 1.54) is 0 Å². The first-order chi connectivity index (χ1) is 16.2. The second-order valence-corrected chi connectivity index (χ2v) is 9.21. The molecule has 4 rings (SSSR count). The summed E-state index contributed by atoms with van der Waals surface area (Å²) in [6, 6.07) is 13.7. The summed E-state index contributed by atoms with van der Waals surface area (Å²) in [5.41, 5.74) is 6.66. The zero-order valence-electron chi connectivity index (χ0n) is 19.9. The molecule has 1 amide bonds. The summed E-state index contributed by atoms with van der Waals surface area (Å²) in [4.78, 5) is 13.0. The molecule has 0 unspecified atom stereocenters. The molecule has 34 heavy (non-hydrogen) atoms. The third kappa shape index (κ3) is 5.07. The molecule has 0 bridgehead atoms. The summed E-state index contributed by atoms with van der Waals surface area (Å²) in [5.74, 6) is 0.984. The van der Waals surface area contributed by atoms with Crippen molar-refractivity contribution in [2.45, 2.75) is 47.8 Å². The maximum atomic E-state index is 13.0. The number of rotatable bonds is 7. The highest BCUT2D eigenvalue weighted by Crippen LogP contribution is 2.24. The van der Waals surface area contributed by atoms with Crippen molar-refractivity contribution in [1.82, 2.24) is 14.9 Å². The standard InChI is InChI=1S/C26H27BrN4O3/c1-15-9-10-16(2)23(11-15)33-14-22-19(5)34-30-25(22)26(32)28-21-8-6-7-20(12-21)13-31-18(4)24(27)17(3)29-31/h6-12H,13-14H2,1-5H3,(H,28,32). The third-order valence-corrected chi connectivity index (χ3v) is 6.87. The van der Waals surface area contributed by atoms with E-state index in [4.69, 9.17) is 9.26 Å². The van der Waals surface area contributed by atoms with Gasteiger partial charge in [-0.05, 0) is 85.4 Å². The largest absolute Gasteiger partial charge is 0.488 e. The van der Waals surface area contributed by atoms with Gasteiger partial charge in [0.1, 0.15) is 18.1 Å². The summed E-state index contributed by atoms with van der Waals surface area (Å²) >= 11 is 3.56. The van der Waals surface area contributed by atoms with Gasteiger partial charge in [0.25, 0.3) is 5.91 Å². The van der Waals surface area contributed by atoms with Gasteiger partial charge in [0.15, 0.2) is 5.69 Å². The highest BCUT2D eigenvalue weighted by Gasteiger charge is 2.21. The van der Waals surface area contributed by atoms with Gasteiger partial charge in [-0.25, -0.2) is 0 Å². The predicted octanol–water partition coefficient (Wildman–Crippen LogP) is 6.06. The molecule has 2 aromatic heterocycles. The van der Waals surface area contributed by atoms with Crippen molar-refractivity contribution in [3.63, 3.8) is 0 Å². The van der Waals surface area contributed by atoms with Crippen LogP contribution in [0.2, 0.25) is 0 Å². The number of aromatic nitrogens is 3. The van der Waals surface area contributed by atoms with Gasteiger partial charge in [-0.2, -0.15) is 5.10 Å². The van der Waals surface area contributed by atoms with Crippen molar-refractivity contribution in [3.8, 4) is 5.75 Å². The smallest absolute Gasteiger partial charge is 0.278 e. The van der Waals surface area contributed by atoms with Crippen molar-refractivity contribution in [2.75, 3.05) is 5.32 Å². The molecule has 176 valence electrons. The van der Waals surface area contributed by atoms with Gasteiger partial charge >= 0.3 is 0 Å². The SMILES string of the molecule is Cc1ccc(C)c(OCc2c(C(=O)Nc3cccc(Cn4nc(C)c(Br)c4C)c3)noc2C)c1. The maximum Gasteiger partial charge on any atom is 0.278 e. The fourth-order valence-electron chi connectivity index (χ4n) is 3.69. The lowest BCUT2D eigenvalue weighted by Crippen LogP contribution is -2.16. The van der Waals surface area contributed by atoms with Crippen molar-refractivity contribution >= 4 is 27.5 Å². The number of halogens is 1. The predicted molar refractivity (Wildman–Crippen MR) is 134 cm³/mol. The number of ether oxygens (including phenoxy) is 1. The molecule has 7 nitrogen and oxygen atoms in total. The zero-order chi connectivity index (χ0) is 24.4. The van der Waals surface area contributed by atoms with Gasteiger partial charge in [-0.15, -0.1) is 0 Å². The molecule has 1 N–H and O–H groups in total. The zero-order valence-corrected chi connectivity index (χ0v) is 21.5. The second kappa shape index (κ2) is 9.85. The molecule has 0 aliphatic rings. The van der Waals surface area contributed by atoms with E-state index in [9.17, 15) is 4.79 Å². The molecule has 2 heterocycles. The lowest BCUT2D eigenvalue weighted by Gasteiger charge is -2.11. The Morgan fingerprint density at radius 1 is 1.12 bits per heavy atom. The average Bonchev–Trinajstić information content (AvgIpc) is 3.29. The van der Waals surface area contributed by atoms with Crippen LogP contribution < -0.4 is 10.1 Å². The van der Waals surface area contributed by atoms with E-state index in [-0.39, 0.29) is 18.2 Å². The Bertz CT molecular complexity index is 1360. The molecule has 0 atom stereocenters. The Morgan fingerprint density at radius 2 is 1.91 bits per heavy atom. The number of nitrogens with zero attached hydrogens (tertiary/aromatic N) is 3. The first-order valence-corrected chi connectivity index (χ1v) is 11.8. The van der Waals surface area contributed by atoms with Crippen LogP contribution in [0.3, 0.4) is 0 Å². The number of nitrogens with one attached hydrogen (secondary N) is 1. The molecular formula is C26H27BrN4O3. The Balaban J connectivity index is 1.48. The van der Waals surface area contributed by atoms with Crippen LogP contribution in [0.4, 0.5) is 5.69 Å². The lowest BCUT2D eigenvalue weighted by atomic mass is 10.1. The van der Waals surface area contributed by atoms with Crippen LogP contribution in [0.5, 0.6) is 5.75 Å². The topological polar surface area (TPSA) is 82.2 Å². The van der Waals surface area contributed by atoms with E-state index in [1.807, 2.05) is 74.8 Å².